The molecule has 2 aromatic heterocycles. The Labute approximate surface area is 195 Å². The first-order chi connectivity index (χ1) is 15.9. The standard InChI is InChI=1S/C24H24N6O2S/c1-15-13-20(27-30(15)3)22-26-21(28-32-22)16-7-9-19(10-8-16)33-29-18-6-4-5-17(14-18)25-23(31)24(2)11-12-24/h4-10,13-14,29H,11-12H2,1-3H3,(H,25,31). The molecule has 168 valence electrons. The molecule has 9 heteroatoms. The molecule has 0 bridgehead atoms. The van der Waals surface area contributed by atoms with Crippen LogP contribution in [0, 0.1) is 12.3 Å². The third kappa shape index (κ3) is 4.63. The summed E-state index contributed by atoms with van der Waals surface area (Å²) in [6.07, 6.45) is 1.91. The van der Waals surface area contributed by atoms with Gasteiger partial charge < -0.3 is 14.6 Å². The second kappa shape index (κ2) is 8.40. The summed E-state index contributed by atoms with van der Waals surface area (Å²) >= 11 is 1.49. The highest BCUT2D eigenvalue weighted by Crippen LogP contribution is 2.45. The van der Waals surface area contributed by atoms with Gasteiger partial charge in [-0.25, -0.2) is 0 Å². The van der Waals surface area contributed by atoms with E-state index >= 15 is 0 Å². The SMILES string of the molecule is Cc1cc(-c2nc(-c3ccc(SNc4cccc(NC(=O)C5(C)CC5)c4)cc3)no2)nn1C. The molecular weight excluding hydrogens is 436 g/mol. The van der Waals surface area contributed by atoms with Gasteiger partial charge in [-0.2, -0.15) is 10.1 Å². The van der Waals surface area contributed by atoms with Crippen LogP contribution in [0.1, 0.15) is 25.5 Å². The first-order valence-corrected chi connectivity index (χ1v) is 11.5. The summed E-state index contributed by atoms with van der Waals surface area (Å²) < 4.78 is 10.5. The Morgan fingerprint density at radius 1 is 1.12 bits per heavy atom. The number of amides is 1. The molecule has 0 radical (unpaired) electrons. The Balaban J connectivity index is 1.21. The van der Waals surface area contributed by atoms with E-state index in [9.17, 15) is 4.79 Å². The molecule has 1 fully saturated rings. The Hall–Kier alpha value is -3.59. The monoisotopic (exact) mass is 460 g/mol. The third-order valence-electron chi connectivity index (χ3n) is 5.83. The first kappa shape index (κ1) is 21.3. The fourth-order valence-corrected chi connectivity index (χ4v) is 3.89. The summed E-state index contributed by atoms with van der Waals surface area (Å²) in [7, 11) is 1.88. The van der Waals surface area contributed by atoms with E-state index in [4.69, 9.17) is 4.52 Å². The van der Waals surface area contributed by atoms with Crippen LogP contribution < -0.4 is 10.0 Å². The van der Waals surface area contributed by atoms with E-state index in [0.29, 0.717) is 17.4 Å². The summed E-state index contributed by atoms with van der Waals surface area (Å²) in [6, 6.07) is 17.5. The maximum absolute atomic E-state index is 12.3. The lowest BCUT2D eigenvalue weighted by atomic mass is 10.1. The van der Waals surface area contributed by atoms with Crippen LogP contribution in [0.15, 0.2) is 64.0 Å². The van der Waals surface area contributed by atoms with Crippen LogP contribution >= 0.6 is 11.9 Å². The zero-order valence-electron chi connectivity index (χ0n) is 18.6. The first-order valence-electron chi connectivity index (χ1n) is 10.7. The van der Waals surface area contributed by atoms with Gasteiger partial charge in [-0.05, 0) is 80.2 Å². The fraction of sp³-hybridized carbons (Fsp3) is 0.250. The number of benzene rings is 2. The molecule has 0 atom stereocenters. The maximum atomic E-state index is 12.3. The van der Waals surface area contributed by atoms with Crippen LogP contribution in [-0.4, -0.2) is 25.8 Å². The Bertz CT molecular complexity index is 1290. The van der Waals surface area contributed by atoms with Gasteiger partial charge in [0.25, 0.3) is 5.89 Å². The molecule has 33 heavy (non-hydrogen) atoms. The number of rotatable bonds is 7. The molecular formula is C24H24N6O2S. The minimum absolute atomic E-state index is 0.0886. The number of carbonyl (C=O) groups is 1. The maximum Gasteiger partial charge on any atom is 0.278 e. The Morgan fingerprint density at radius 2 is 1.88 bits per heavy atom. The van der Waals surface area contributed by atoms with Gasteiger partial charge in [0.05, 0.1) is 0 Å². The van der Waals surface area contributed by atoms with Crippen molar-refractivity contribution in [1.29, 1.82) is 0 Å². The topological polar surface area (TPSA) is 97.9 Å². The van der Waals surface area contributed by atoms with Crippen molar-refractivity contribution in [1.82, 2.24) is 19.9 Å². The number of nitrogens with zero attached hydrogens (tertiary/aromatic N) is 4. The van der Waals surface area contributed by atoms with Gasteiger partial charge >= 0.3 is 0 Å². The summed E-state index contributed by atoms with van der Waals surface area (Å²) in [5, 5.41) is 11.5. The molecule has 1 saturated carbocycles. The quantitative estimate of drug-likeness (QED) is 0.361. The average Bonchev–Trinajstić information content (AvgIpc) is 3.23. The summed E-state index contributed by atoms with van der Waals surface area (Å²) in [5.74, 6) is 1.01. The highest BCUT2D eigenvalue weighted by atomic mass is 32.2. The minimum atomic E-state index is -0.198. The highest BCUT2D eigenvalue weighted by molar-refractivity contribution is 8.00. The second-order valence-corrected chi connectivity index (χ2v) is 9.42. The summed E-state index contributed by atoms with van der Waals surface area (Å²) in [4.78, 5) is 17.8. The lowest BCUT2D eigenvalue weighted by Crippen LogP contribution is -2.21. The predicted molar refractivity (Wildman–Crippen MR) is 129 cm³/mol. The van der Waals surface area contributed by atoms with Crippen LogP contribution in [0.2, 0.25) is 0 Å². The van der Waals surface area contributed by atoms with Crippen molar-refractivity contribution in [2.24, 2.45) is 12.5 Å². The van der Waals surface area contributed by atoms with Gasteiger partial charge in [0.15, 0.2) is 5.69 Å². The van der Waals surface area contributed by atoms with E-state index in [2.05, 4.69) is 25.3 Å². The number of hydrogen-bond donors (Lipinski definition) is 2. The smallest absolute Gasteiger partial charge is 0.278 e. The van der Waals surface area contributed by atoms with Gasteiger partial charge in [0.1, 0.15) is 0 Å². The molecule has 0 saturated heterocycles. The van der Waals surface area contributed by atoms with Gasteiger partial charge in [0.2, 0.25) is 11.7 Å². The van der Waals surface area contributed by atoms with Crippen molar-refractivity contribution in [3.05, 3.63) is 60.3 Å². The van der Waals surface area contributed by atoms with Gasteiger partial charge in [0, 0.05) is 40.0 Å². The zero-order valence-corrected chi connectivity index (χ0v) is 19.4. The zero-order chi connectivity index (χ0) is 23.0. The lowest BCUT2D eigenvalue weighted by Gasteiger charge is -2.12. The van der Waals surface area contributed by atoms with E-state index in [0.717, 1.165) is 40.4 Å². The van der Waals surface area contributed by atoms with E-state index < -0.39 is 0 Å². The van der Waals surface area contributed by atoms with Crippen molar-refractivity contribution < 1.29 is 9.32 Å². The van der Waals surface area contributed by atoms with Crippen molar-refractivity contribution in [2.45, 2.75) is 31.6 Å². The second-order valence-electron chi connectivity index (χ2n) is 8.54. The number of aromatic nitrogens is 4. The lowest BCUT2D eigenvalue weighted by molar-refractivity contribution is -0.120. The average molecular weight is 461 g/mol. The van der Waals surface area contributed by atoms with Crippen molar-refractivity contribution in [2.75, 3.05) is 10.0 Å². The Kier molecular flexibility index (Phi) is 5.41. The summed E-state index contributed by atoms with van der Waals surface area (Å²) in [5.41, 5.74) is 4.05. The third-order valence-corrected chi connectivity index (χ3v) is 6.67. The van der Waals surface area contributed by atoms with Crippen molar-refractivity contribution >= 4 is 29.2 Å². The molecule has 2 N–H and O–H groups in total. The number of anilines is 2. The van der Waals surface area contributed by atoms with Crippen molar-refractivity contribution in [3.8, 4) is 23.0 Å². The number of nitrogens with one attached hydrogen (secondary N) is 2. The van der Waals surface area contributed by atoms with Crippen LogP contribution in [0.3, 0.4) is 0 Å². The van der Waals surface area contributed by atoms with Gasteiger partial charge in [-0.1, -0.05) is 18.1 Å². The van der Waals surface area contributed by atoms with Gasteiger partial charge in [-0.15, -0.1) is 0 Å². The van der Waals surface area contributed by atoms with Crippen molar-refractivity contribution in [3.63, 3.8) is 0 Å². The highest BCUT2D eigenvalue weighted by Gasteiger charge is 2.44. The molecule has 8 nitrogen and oxygen atoms in total. The minimum Gasteiger partial charge on any atom is -0.332 e. The number of aryl methyl sites for hydroxylation is 2. The molecule has 4 aromatic rings. The molecule has 2 aromatic carbocycles. The summed E-state index contributed by atoms with van der Waals surface area (Å²) in [6.45, 7) is 3.97. The molecule has 0 aliphatic heterocycles. The normalized spacial score (nSPS) is 14.2. The number of hydrogen-bond acceptors (Lipinski definition) is 7. The molecule has 1 aliphatic carbocycles. The number of carbonyl (C=O) groups excluding carboxylic acids is 1. The fourth-order valence-electron chi connectivity index (χ4n) is 3.26. The molecule has 2 heterocycles. The van der Waals surface area contributed by atoms with E-state index in [1.54, 1.807) is 4.68 Å². The predicted octanol–water partition coefficient (Wildman–Crippen LogP) is 5.30. The largest absolute Gasteiger partial charge is 0.332 e. The molecule has 0 unspecified atom stereocenters. The van der Waals surface area contributed by atoms with E-state index in [-0.39, 0.29) is 11.3 Å². The molecule has 1 aliphatic rings. The molecule has 0 spiro atoms. The van der Waals surface area contributed by atoms with E-state index in [1.807, 2.05) is 75.5 Å². The van der Waals surface area contributed by atoms with E-state index in [1.165, 1.54) is 11.9 Å². The van der Waals surface area contributed by atoms with Crippen LogP contribution in [0.25, 0.3) is 23.0 Å². The van der Waals surface area contributed by atoms with Crippen LogP contribution in [0.5, 0.6) is 0 Å². The van der Waals surface area contributed by atoms with Crippen LogP contribution in [0.4, 0.5) is 11.4 Å². The molecule has 1 amide bonds. The van der Waals surface area contributed by atoms with Crippen LogP contribution in [-0.2, 0) is 11.8 Å². The molecule has 5 rings (SSSR count). The Morgan fingerprint density at radius 3 is 2.58 bits per heavy atom. The van der Waals surface area contributed by atoms with Gasteiger partial charge in [-0.3, -0.25) is 9.48 Å².